The fraction of sp³-hybridized carbons (Fsp3) is 0.545. The van der Waals surface area contributed by atoms with Crippen LogP contribution in [-0.2, 0) is 0 Å². The number of anilines is 1. The van der Waals surface area contributed by atoms with E-state index in [0.29, 0.717) is 11.8 Å². The minimum absolute atomic E-state index is 0. The molecule has 1 aliphatic rings. The summed E-state index contributed by atoms with van der Waals surface area (Å²) in [6.07, 6.45) is 1.30. The van der Waals surface area contributed by atoms with Gasteiger partial charge in [-0.05, 0) is 24.8 Å². The predicted molar refractivity (Wildman–Crippen MR) is 64.5 cm³/mol. The Balaban J connectivity index is 0.00000144. The highest BCUT2D eigenvalue weighted by Gasteiger charge is 2.28. The lowest BCUT2D eigenvalue weighted by molar-refractivity contribution is 0.0791. The number of rotatable bonds is 5. The van der Waals surface area contributed by atoms with Crippen molar-refractivity contribution in [2.75, 3.05) is 19.0 Å². The number of ether oxygens (including phenoxy) is 1. The average molecular weight is 265 g/mol. The average Bonchev–Trinajstić information content (AvgIpc) is 3.10. The van der Waals surface area contributed by atoms with Crippen LogP contribution in [0.15, 0.2) is 12.3 Å². The maximum absolute atomic E-state index is 12.0. The molecule has 1 N–H and O–H groups in total. The fourth-order valence-electron chi connectivity index (χ4n) is 1.56. The first-order valence-electron chi connectivity index (χ1n) is 5.29. The van der Waals surface area contributed by atoms with Gasteiger partial charge in [0.15, 0.2) is 6.61 Å². The lowest BCUT2D eigenvalue weighted by Crippen LogP contribution is -2.09. The standard InChI is InChI=1S/C11H14F2N2O.ClH/c1-14-8-4-9(7-2-3-7)11(15-5-8)16-6-10(12)13;/h4-5,7,10,14H,2-3,6H2,1H3;1H. The van der Waals surface area contributed by atoms with Crippen LogP contribution in [-0.4, -0.2) is 25.1 Å². The van der Waals surface area contributed by atoms with Crippen LogP contribution >= 0.6 is 12.4 Å². The summed E-state index contributed by atoms with van der Waals surface area (Å²) in [7, 11) is 1.80. The molecule has 1 fully saturated rings. The van der Waals surface area contributed by atoms with Crippen LogP contribution in [0.4, 0.5) is 14.5 Å². The molecule has 2 rings (SSSR count). The minimum atomic E-state index is -2.46. The zero-order valence-electron chi connectivity index (χ0n) is 9.45. The molecule has 1 aliphatic carbocycles. The number of nitrogens with one attached hydrogen (secondary N) is 1. The van der Waals surface area contributed by atoms with Gasteiger partial charge >= 0.3 is 0 Å². The molecule has 0 spiro atoms. The molecular weight excluding hydrogens is 250 g/mol. The summed E-state index contributed by atoms with van der Waals surface area (Å²) in [5, 5.41) is 2.98. The van der Waals surface area contributed by atoms with Crippen molar-refractivity contribution < 1.29 is 13.5 Å². The fourth-order valence-corrected chi connectivity index (χ4v) is 1.56. The summed E-state index contributed by atoms with van der Waals surface area (Å²) in [5.74, 6) is 0.773. The number of alkyl halides is 2. The van der Waals surface area contributed by atoms with Gasteiger partial charge < -0.3 is 10.1 Å². The van der Waals surface area contributed by atoms with Crippen molar-refractivity contribution in [1.82, 2.24) is 4.98 Å². The molecule has 0 atom stereocenters. The van der Waals surface area contributed by atoms with E-state index in [1.165, 1.54) is 0 Å². The largest absolute Gasteiger partial charge is 0.471 e. The third kappa shape index (κ3) is 3.70. The molecule has 0 bridgehead atoms. The zero-order chi connectivity index (χ0) is 11.5. The monoisotopic (exact) mass is 264 g/mol. The second-order valence-electron chi connectivity index (χ2n) is 3.84. The van der Waals surface area contributed by atoms with Gasteiger partial charge in [0.25, 0.3) is 6.43 Å². The third-order valence-corrected chi connectivity index (χ3v) is 2.53. The Morgan fingerprint density at radius 1 is 1.53 bits per heavy atom. The molecule has 0 unspecified atom stereocenters. The molecule has 3 nitrogen and oxygen atoms in total. The Morgan fingerprint density at radius 3 is 2.76 bits per heavy atom. The second-order valence-corrected chi connectivity index (χ2v) is 3.84. The lowest BCUT2D eigenvalue weighted by Gasteiger charge is -2.11. The van der Waals surface area contributed by atoms with Crippen molar-refractivity contribution in [1.29, 1.82) is 0 Å². The van der Waals surface area contributed by atoms with E-state index in [-0.39, 0.29) is 12.4 Å². The summed E-state index contributed by atoms with van der Waals surface area (Å²) in [6.45, 7) is -0.592. The lowest BCUT2D eigenvalue weighted by atomic mass is 10.1. The van der Waals surface area contributed by atoms with E-state index in [9.17, 15) is 8.78 Å². The highest BCUT2D eigenvalue weighted by atomic mass is 35.5. The molecular formula is C11H15ClF2N2O. The summed E-state index contributed by atoms with van der Waals surface area (Å²) in [5.41, 5.74) is 1.82. The van der Waals surface area contributed by atoms with Crippen molar-refractivity contribution in [2.45, 2.75) is 25.2 Å². The van der Waals surface area contributed by atoms with Crippen LogP contribution in [0.5, 0.6) is 5.88 Å². The molecule has 0 radical (unpaired) electrons. The second kappa shape index (κ2) is 6.00. The van der Waals surface area contributed by atoms with E-state index >= 15 is 0 Å². The summed E-state index contributed by atoms with van der Waals surface area (Å²) < 4.78 is 29.1. The number of nitrogens with zero attached hydrogens (tertiary/aromatic N) is 1. The van der Waals surface area contributed by atoms with Crippen molar-refractivity contribution in [3.63, 3.8) is 0 Å². The topological polar surface area (TPSA) is 34.2 Å². The van der Waals surface area contributed by atoms with Crippen LogP contribution < -0.4 is 10.1 Å². The van der Waals surface area contributed by atoms with Crippen molar-refractivity contribution in [3.8, 4) is 5.88 Å². The summed E-state index contributed by atoms with van der Waals surface area (Å²) in [6, 6.07) is 1.92. The summed E-state index contributed by atoms with van der Waals surface area (Å²) >= 11 is 0. The first kappa shape index (κ1) is 14.0. The molecule has 1 aromatic rings. The molecule has 1 heterocycles. The van der Waals surface area contributed by atoms with Gasteiger partial charge in [0, 0.05) is 12.6 Å². The molecule has 0 aliphatic heterocycles. The number of pyridine rings is 1. The van der Waals surface area contributed by atoms with E-state index in [1.807, 2.05) is 6.07 Å². The quantitative estimate of drug-likeness (QED) is 0.888. The van der Waals surface area contributed by atoms with Gasteiger partial charge in [0.1, 0.15) is 0 Å². The highest BCUT2D eigenvalue weighted by molar-refractivity contribution is 5.85. The van der Waals surface area contributed by atoms with Crippen LogP contribution in [0, 0.1) is 0 Å². The molecule has 1 aromatic heterocycles. The SMILES string of the molecule is CNc1cnc(OCC(F)F)c(C2CC2)c1.Cl. The molecule has 96 valence electrons. The Morgan fingerprint density at radius 2 is 2.24 bits per heavy atom. The van der Waals surface area contributed by atoms with E-state index in [2.05, 4.69) is 10.3 Å². The van der Waals surface area contributed by atoms with Crippen LogP contribution in [0.2, 0.25) is 0 Å². The van der Waals surface area contributed by atoms with Gasteiger partial charge in [-0.1, -0.05) is 0 Å². The minimum Gasteiger partial charge on any atom is -0.471 e. The Hall–Kier alpha value is -1.10. The van der Waals surface area contributed by atoms with Gasteiger partial charge in [0.2, 0.25) is 5.88 Å². The third-order valence-electron chi connectivity index (χ3n) is 2.53. The first-order chi connectivity index (χ1) is 7.70. The Bertz CT molecular complexity index is 372. The Kier molecular flexibility index (Phi) is 4.93. The molecule has 1 saturated carbocycles. The molecule has 0 aromatic carbocycles. The van der Waals surface area contributed by atoms with Crippen LogP contribution in [0.1, 0.15) is 24.3 Å². The normalized spacial score (nSPS) is 14.4. The molecule has 0 saturated heterocycles. The molecule has 17 heavy (non-hydrogen) atoms. The van der Waals surface area contributed by atoms with Gasteiger partial charge in [0.05, 0.1) is 11.9 Å². The highest BCUT2D eigenvalue weighted by Crippen LogP contribution is 2.44. The maximum atomic E-state index is 12.0. The zero-order valence-corrected chi connectivity index (χ0v) is 10.3. The van der Waals surface area contributed by atoms with Crippen LogP contribution in [0.3, 0.4) is 0 Å². The smallest absolute Gasteiger partial charge is 0.272 e. The van der Waals surface area contributed by atoms with Gasteiger partial charge in [-0.3, -0.25) is 0 Å². The number of aromatic nitrogens is 1. The molecule has 0 amide bonds. The molecule has 6 heteroatoms. The van der Waals surface area contributed by atoms with Gasteiger partial charge in [-0.2, -0.15) is 0 Å². The van der Waals surface area contributed by atoms with Crippen molar-refractivity contribution >= 4 is 18.1 Å². The van der Waals surface area contributed by atoms with E-state index in [1.54, 1.807) is 13.2 Å². The van der Waals surface area contributed by atoms with Crippen molar-refractivity contribution in [2.24, 2.45) is 0 Å². The first-order valence-corrected chi connectivity index (χ1v) is 5.29. The van der Waals surface area contributed by atoms with Gasteiger partial charge in [-0.25, -0.2) is 13.8 Å². The van der Waals surface area contributed by atoms with Crippen LogP contribution in [0.25, 0.3) is 0 Å². The Labute approximate surface area is 105 Å². The number of hydrogen-bond donors (Lipinski definition) is 1. The van der Waals surface area contributed by atoms with Crippen molar-refractivity contribution in [3.05, 3.63) is 17.8 Å². The van der Waals surface area contributed by atoms with Gasteiger partial charge in [-0.15, -0.1) is 12.4 Å². The maximum Gasteiger partial charge on any atom is 0.272 e. The summed E-state index contributed by atoms with van der Waals surface area (Å²) in [4.78, 5) is 4.06. The van der Waals surface area contributed by atoms with E-state index in [0.717, 1.165) is 24.1 Å². The predicted octanol–water partition coefficient (Wildman–Crippen LogP) is 3.07. The number of hydrogen-bond acceptors (Lipinski definition) is 3. The van der Waals surface area contributed by atoms with E-state index < -0.39 is 13.0 Å². The number of halogens is 3. The van der Waals surface area contributed by atoms with E-state index in [4.69, 9.17) is 4.74 Å².